The van der Waals surface area contributed by atoms with Crippen molar-refractivity contribution in [3.8, 4) is 34.0 Å². The van der Waals surface area contributed by atoms with Crippen LogP contribution in [-0.4, -0.2) is 213 Å². The lowest BCUT2D eigenvalue weighted by Crippen LogP contribution is -2.53. The third-order valence-corrected chi connectivity index (χ3v) is 29.7. The number of allylic oxidation sites excluding steroid dienone is 4. The number of hydrogen-bond donors (Lipinski definition) is 4. The second-order valence-corrected chi connectivity index (χ2v) is 40.1. The Morgan fingerprint density at radius 3 is 0.985 bits per heavy atom. The van der Waals surface area contributed by atoms with E-state index in [2.05, 4.69) is 80.6 Å². The Kier molecular flexibility index (Phi) is 28.2. The van der Waals surface area contributed by atoms with E-state index in [9.17, 15) is 38.4 Å². The van der Waals surface area contributed by atoms with E-state index in [1.807, 2.05) is 114 Å². The maximum absolute atomic E-state index is 16.9. The summed E-state index contributed by atoms with van der Waals surface area (Å²) in [5, 5.41) is 14.7. The summed E-state index contributed by atoms with van der Waals surface area (Å²) in [7, 11) is 5.13. The van der Waals surface area contributed by atoms with Gasteiger partial charge in [0.2, 0.25) is 36.1 Å². The number of nitrogens with zero attached hydrogens (tertiary/aromatic N) is 12. The van der Waals surface area contributed by atoms with Gasteiger partial charge in [0.15, 0.2) is 0 Å². The molecule has 10 atom stereocenters. The first-order valence-electron chi connectivity index (χ1n) is 47.4. The molecule has 4 N–H and O–H groups in total. The second-order valence-electron chi connectivity index (χ2n) is 37.8. The molecular weight excluding hydrogens is 1780 g/mol. The van der Waals surface area contributed by atoms with Crippen LogP contribution >= 0.6 is 22.7 Å². The fourth-order valence-electron chi connectivity index (χ4n) is 20.6. The highest BCUT2D eigenvalue weighted by Crippen LogP contribution is 2.52. The number of aryl methyl sites for hydroxylation is 2. The number of aromatic nitrogens is 4. The average molecular weight is 1890 g/mol. The number of alkyl carbamates (subject to hydrolysis) is 4. The van der Waals surface area contributed by atoms with Crippen LogP contribution in [0.2, 0.25) is 0 Å². The molecule has 2 unspecified atom stereocenters. The number of likely N-dealkylation sites (tertiary alicyclic amines) is 4. The van der Waals surface area contributed by atoms with Crippen molar-refractivity contribution in [1.82, 2.24) is 60.0 Å². The Labute approximate surface area is 797 Å². The Morgan fingerprint density at radius 2 is 0.706 bits per heavy atom. The third-order valence-electron chi connectivity index (χ3n) is 27.6. The predicted molar refractivity (Wildman–Crippen MR) is 520 cm³/mol. The van der Waals surface area contributed by atoms with Gasteiger partial charge in [0.05, 0.1) is 106 Å². The Balaban J connectivity index is 0.000000189. The van der Waals surface area contributed by atoms with Crippen molar-refractivity contribution in [3.05, 3.63) is 164 Å². The lowest BCUT2D eigenvalue weighted by atomic mass is 9.95. The van der Waals surface area contributed by atoms with Crippen LogP contribution in [0.4, 0.5) is 28.0 Å². The molecule has 10 aliphatic rings. The van der Waals surface area contributed by atoms with Crippen molar-refractivity contribution in [2.45, 2.75) is 233 Å². The van der Waals surface area contributed by atoms with Crippen molar-refractivity contribution in [2.24, 2.45) is 43.6 Å². The van der Waals surface area contributed by atoms with E-state index in [-0.39, 0.29) is 71.5 Å². The zero-order valence-corrected chi connectivity index (χ0v) is 80.9. The number of fused-ring (bicyclic) bond motifs is 10. The molecule has 0 radical (unpaired) electrons. The maximum Gasteiger partial charge on any atom is 0.407 e. The first kappa shape index (κ1) is 95.0. The molecule has 34 heteroatoms. The molecule has 0 bridgehead atoms. The van der Waals surface area contributed by atoms with Crippen LogP contribution in [0.15, 0.2) is 130 Å². The Hall–Kier alpha value is -12.7. The van der Waals surface area contributed by atoms with E-state index >= 15 is 8.78 Å². The van der Waals surface area contributed by atoms with Crippen LogP contribution in [0.25, 0.3) is 66.6 Å². The van der Waals surface area contributed by atoms with Gasteiger partial charge in [0.25, 0.3) is 0 Å². The van der Waals surface area contributed by atoms with Gasteiger partial charge in [-0.1, -0.05) is 81.4 Å². The molecule has 10 aliphatic heterocycles. The number of benzene rings is 4. The van der Waals surface area contributed by atoms with Crippen molar-refractivity contribution < 1.29 is 75.6 Å². The van der Waals surface area contributed by atoms with Crippen LogP contribution in [-0.2, 0) is 51.0 Å². The fraction of sp³-hybridized carbons (Fsp3) is 0.471. The monoisotopic (exact) mass is 1890 g/mol. The van der Waals surface area contributed by atoms with Gasteiger partial charge in [-0.15, -0.1) is 22.7 Å². The van der Waals surface area contributed by atoms with E-state index in [0.29, 0.717) is 97.0 Å². The largest absolute Gasteiger partial charge is 0.464 e. The molecule has 0 saturated carbocycles. The molecule has 8 aromatic rings. The number of rotatable bonds is 26. The van der Waals surface area contributed by atoms with Gasteiger partial charge in [0.1, 0.15) is 47.3 Å². The third kappa shape index (κ3) is 18.8. The summed E-state index contributed by atoms with van der Waals surface area (Å²) in [6.45, 7) is 21.7. The standard InChI is InChI=1S/2C51H59FN8O7S/c2*1-8-11-43-55-26-42(68-43)49-60-37-15-14-29(32-20-35(53-24-32)38-12-9-16-58(38)47(61)45(27(2)3)56-50(63)65-6)18-31(37)22-40(60)44-34(52)19-30(23-41(44)67-49)33-21-36(54-25-33)39-13-10-17-59(39)48(62)46(28(4)5)57-51(64)66-7/h2*14-15,18-19,22-28,38-39,45-46,49H,8-13,16-17,20-21H2,1-7H3,(H,56,63)(H,57,64)/t2*38-,39-,45-,46-,49?/m00/s1. The first-order valence-corrected chi connectivity index (χ1v) is 49.0. The number of amides is 8. The maximum atomic E-state index is 16.9. The number of hydrogen-bond acceptors (Lipinski definition) is 22. The number of carbonyl (C=O) groups is 8. The molecule has 14 heterocycles. The number of thiazole rings is 2. The summed E-state index contributed by atoms with van der Waals surface area (Å²) in [5.41, 5.74) is 14.3. The normalized spacial score (nSPS) is 20.6. The van der Waals surface area contributed by atoms with Gasteiger partial charge in [0, 0.05) is 123 Å². The summed E-state index contributed by atoms with van der Waals surface area (Å²) in [4.78, 5) is 142. The van der Waals surface area contributed by atoms with Crippen molar-refractivity contribution in [3.63, 3.8) is 0 Å². The molecule has 716 valence electrons. The SMILES string of the molecule is CCCc1ncc(C2Oc3cc(C4=CN=C([C@@H]5CCCN5C(=O)[C@@H](NC(=O)OC)C(C)C)C4)cc(F)c3-c3cc4cc(C5=CN=C([C@@H]6CCCN6C(=O)[C@@H](NC(=O)OC)C(C)C)C5)ccc4n32)s1.CCCc1ncc(C2Oc3cc(C4=CN=C([C@@H]5CCCN5C(=O)[C@@H](NC(=O)OC)C(C)C)C4)cc(F)c3-c3cc4cc(C5=CN=C([C@@H]6CCCN6C(=O)[C@@H](NC(=O)OC)C(C)C)C5)ccc4n32)s1. The van der Waals surface area contributed by atoms with E-state index in [0.717, 1.165) is 175 Å². The molecule has 18 rings (SSSR count). The second kappa shape index (κ2) is 40.3. The quantitative estimate of drug-likeness (QED) is 0.0366. The predicted octanol–water partition coefficient (Wildman–Crippen LogP) is 17.8. The zero-order valence-electron chi connectivity index (χ0n) is 79.3. The minimum absolute atomic E-state index is 0.131. The van der Waals surface area contributed by atoms with Gasteiger partial charge >= 0.3 is 24.4 Å². The van der Waals surface area contributed by atoms with E-state index in [1.165, 1.54) is 28.4 Å². The Bertz CT molecular complexity index is 5950. The van der Waals surface area contributed by atoms with Crippen molar-refractivity contribution in [2.75, 3.05) is 54.6 Å². The number of aliphatic imine (C=N–C) groups is 4. The highest BCUT2D eigenvalue weighted by atomic mass is 32.1. The molecule has 0 spiro atoms. The van der Waals surface area contributed by atoms with Crippen LogP contribution in [0.5, 0.6) is 11.5 Å². The van der Waals surface area contributed by atoms with Crippen molar-refractivity contribution >= 4 is 138 Å². The summed E-state index contributed by atoms with van der Waals surface area (Å²) in [5.74, 6) is -1.22. The number of halogens is 2. The van der Waals surface area contributed by atoms with Gasteiger partial charge in [-0.3, -0.25) is 48.3 Å². The smallest absolute Gasteiger partial charge is 0.407 e. The van der Waals surface area contributed by atoms with Crippen LogP contribution < -0.4 is 30.7 Å². The highest BCUT2D eigenvalue weighted by Gasteiger charge is 2.46. The zero-order chi connectivity index (χ0) is 95.9. The molecule has 4 saturated heterocycles. The molecule has 0 aliphatic carbocycles. The Morgan fingerprint density at radius 1 is 0.412 bits per heavy atom. The van der Waals surface area contributed by atoms with Gasteiger partial charge in [-0.2, -0.15) is 0 Å². The number of carbonyl (C=O) groups excluding carboxylic acids is 8. The van der Waals surface area contributed by atoms with Crippen LogP contribution in [0, 0.1) is 35.3 Å². The molecule has 4 aromatic heterocycles. The molecule has 4 aromatic carbocycles. The summed E-state index contributed by atoms with van der Waals surface area (Å²) >= 11 is 3.19. The van der Waals surface area contributed by atoms with E-state index in [1.54, 1.807) is 57.0 Å². The summed E-state index contributed by atoms with van der Waals surface area (Å²) in [6, 6.07) is 19.7. The van der Waals surface area contributed by atoms with Crippen LogP contribution in [0.3, 0.4) is 0 Å². The molecule has 136 heavy (non-hydrogen) atoms. The van der Waals surface area contributed by atoms with Gasteiger partial charge in [-0.25, -0.2) is 37.9 Å². The number of methoxy groups -OCH3 is 4. The summed E-state index contributed by atoms with van der Waals surface area (Å²) < 4.78 is 71.0. The fourth-order valence-corrected chi connectivity index (χ4v) is 22.6. The summed E-state index contributed by atoms with van der Waals surface area (Å²) in [6.07, 6.45) is 19.1. The molecule has 4 fully saturated rings. The van der Waals surface area contributed by atoms with Gasteiger partial charge < -0.3 is 69.3 Å². The van der Waals surface area contributed by atoms with Gasteiger partial charge in [-0.05, 0) is 206 Å². The highest BCUT2D eigenvalue weighted by molar-refractivity contribution is 7.12. The number of ether oxygens (including phenoxy) is 6. The van der Waals surface area contributed by atoms with E-state index < -0.39 is 72.6 Å². The lowest BCUT2D eigenvalue weighted by molar-refractivity contribution is -0.134. The van der Waals surface area contributed by atoms with Crippen molar-refractivity contribution in [1.29, 1.82) is 0 Å². The molecular formula is C102H118F2N16O14S2. The lowest BCUT2D eigenvalue weighted by Gasteiger charge is -2.31. The average Bonchev–Trinajstić information content (AvgIpc) is 1.57. The minimum Gasteiger partial charge on any atom is -0.464 e. The van der Waals surface area contributed by atoms with Crippen LogP contribution in [0.1, 0.15) is 214 Å². The van der Waals surface area contributed by atoms with E-state index in [4.69, 9.17) is 58.4 Å². The first-order chi connectivity index (χ1) is 65.5. The minimum atomic E-state index is -0.743. The molecule has 30 nitrogen and oxygen atoms in total. The molecule has 8 amide bonds. The topological polar surface area (TPSA) is 338 Å². The number of nitrogens with one attached hydrogen (secondary N) is 4.